The maximum Gasteiger partial charge on any atom is 0.142 e. The summed E-state index contributed by atoms with van der Waals surface area (Å²) in [6, 6.07) is 4.65. The molecule has 0 saturated carbocycles. The normalized spacial score (nSPS) is 12.7. The van der Waals surface area contributed by atoms with E-state index in [9.17, 15) is 4.39 Å². The first-order valence-corrected chi connectivity index (χ1v) is 7.24. The summed E-state index contributed by atoms with van der Waals surface area (Å²) in [5, 5.41) is 2.56. The molecule has 0 aliphatic heterocycles. The van der Waals surface area contributed by atoms with Crippen molar-refractivity contribution in [2.75, 3.05) is 0 Å². The Hall–Kier alpha value is -0.460. The number of halogens is 3. The molecule has 0 spiro atoms. The van der Waals surface area contributed by atoms with Gasteiger partial charge in [-0.15, -0.1) is 11.3 Å². The minimum atomic E-state index is -0.450. The monoisotopic (exact) mass is 348 g/mol. The van der Waals surface area contributed by atoms with Crippen molar-refractivity contribution in [3.05, 3.63) is 54.9 Å². The molecular weight excluding hydrogens is 339 g/mol. The van der Waals surface area contributed by atoms with E-state index in [1.54, 1.807) is 18.2 Å². The van der Waals surface area contributed by atoms with Gasteiger partial charge in [0.05, 0.1) is 15.5 Å². The van der Waals surface area contributed by atoms with Crippen LogP contribution in [0.1, 0.15) is 22.0 Å². The topological polar surface area (TPSA) is 38.0 Å². The molecule has 1 aromatic heterocycles. The predicted octanol–water partition coefficient (Wildman–Crippen LogP) is 4.16. The van der Waals surface area contributed by atoms with Crippen LogP contribution in [0.5, 0.6) is 0 Å². The second-order valence-corrected chi connectivity index (χ2v) is 5.98. The molecule has 0 amide bonds. The van der Waals surface area contributed by atoms with Crippen LogP contribution in [0.2, 0.25) is 5.02 Å². The summed E-state index contributed by atoms with van der Waals surface area (Å²) in [6.45, 7) is 1.91. The minimum absolute atomic E-state index is 0.331. The van der Waals surface area contributed by atoms with Crippen LogP contribution in [0.3, 0.4) is 0 Å². The number of thiophene rings is 1. The molecule has 0 aliphatic carbocycles. The molecule has 2 rings (SSSR count). The molecule has 0 bridgehead atoms. The molecule has 18 heavy (non-hydrogen) atoms. The van der Waals surface area contributed by atoms with Crippen LogP contribution >= 0.6 is 38.9 Å². The summed E-state index contributed by atoms with van der Waals surface area (Å²) in [5.41, 5.74) is 4.06. The van der Waals surface area contributed by atoms with Crippen LogP contribution in [-0.2, 0) is 0 Å². The lowest BCUT2D eigenvalue weighted by Crippen LogP contribution is -2.29. The molecule has 2 nitrogen and oxygen atoms in total. The van der Waals surface area contributed by atoms with Crippen LogP contribution < -0.4 is 11.3 Å². The highest BCUT2D eigenvalue weighted by atomic mass is 79.9. The van der Waals surface area contributed by atoms with E-state index >= 15 is 0 Å². The van der Waals surface area contributed by atoms with E-state index in [0.29, 0.717) is 15.1 Å². The number of nitrogens with two attached hydrogens (primary N) is 1. The second-order valence-electron chi connectivity index (χ2n) is 3.84. The number of hydrazine groups is 1. The average molecular weight is 350 g/mol. The van der Waals surface area contributed by atoms with E-state index in [1.807, 2.05) is 12.3 Å². The molecule has 2 aromatic rings. The number of aryl methyl sites for hydroxylation is 1. The maximum atomic E-state index is 14.1. The quantitative estimate of drug-likeness (QED) is 0.645. The molecule has 6 heteroatoms. The fourth-order valence-corrected chi connectivity index (χ4v) is 3.46. The van der Waals surface area contributed by atoms with Gasteiger partial charge in [0.25, 0.3) is 0 Å². The maximum absolute atomic E-state index is 14.1. The van der Waals surface area contributed by atoms with Crippen molar-refractivity contribution in [2.45, 2.75) is 13.0 Å². The number of rotatable bonds is 3. The summed E-state index contributed by atoms with van der Waals surface area (Å²) >= 11 is 10.8. The van der Waals surface area contributed by atoms with Gasteiger partial charge in [-0.3, -0.25) is 5.84 Å². The number of hydrogen-bond donors (Lipinski definition) is 2. The van der Waals surface area contributed by atoms with Crippen molar-refractivity contribution in [3.8, 4) is 0 Å². The van der Waals surface area contributed by atoms with E-state index in [0.717, 1.165) is 10.4 Å². The Bertz CT molecular complexity index is 573. The van der Waals surface area contributed by atoms with Gasteiger partial charge in [0.2, 0.25) is 0 Å². The number of hydrogen-bond acceptors (Lipinski definition) is 3. The summed E-state index contributed by atoms with van der Waals surface area (Å²) in [7, 11) is 0. The molecular formula is C12H11BrClFN2S. The highest BCUT2D eigenvalue weighted by Crippen LogP contribution is 2.37. The van der Waals surface area contributed by atoms with Gasteiger partial charge < -0.3 is 0 Å². The Morgan fingerprint density at radius 1 is 1.50 bits per heavy atom. The van der Waals surface area contributed by atoms with Crippen LogP contribution in [0.15, 0.2) is 28.1 Å². The van der Waals surface area contributed by atoms with Crippen LogP contribution in [-0.4, -0.2) is 0 Å². The van der Waals surface area contributed by atoms with Gasteiger partial charge in [0.15, 0.2) is 0 Å². The Kier molecular flexibility index (Phi) is 4.40. The molecule has 0 fully saturated rings. The van der Waals surface area contributed by atoms with Gasteiger partial charge in [-0.05, 0) is 39.9 Å². The fourth-order valence-electron chi connectivity index (χ4n) is 1.69. The summed E-state index contributed by atoms with van der Waals surface area (Å²) in [4.78, 5) is 0.814. The largest absolute Gasteiger partial charge is 0.271 e. The molecule has 1 atom stereocenters. The zero-order chi connectivity index (χ0) is 13.3. The third-order valence-corrected chi connectivity index (χ3v) is 5.04. The first-order chi connectivity index (χ1) is 8.56. The molecule has 0 saturated heterocycles. The van der Waals surface area contributed by atoms with Crippen molar-refractivity contribution in [1.29, 1.82) is 0 Å². The zero-order valence-corrected chi connectivity index (χ0v) is 12.7. The first-order valence-electron chi connectivity index (χ1n) is 5.19. The number of nitrogens with one attached hydrogen (secondary N) is 1. The lowest BCUT2D eigenvalue weighted by Gasteiger charge is -2.17. The molecule has 0 radical (unpaired) electrons. The molecule has 1 heterocycles. The van der Waals surface area contributed by atoms with Crippen molar-refractivity contribution in [2.24, 2.45) is 5.84 Å². The van der Waals surface area contributed by atoms with E-state index < -0.39 is 6.04 Å². The molecule has 1 unspecified atom stereocenters. The lowest BCUT2D eigenvalue weighted by atomic mass is 10.0. The van der Waals surface area contributed by atoms with E-state index in [1.165, 1.54) is 11.3 Å². The molecule has 96 valence electrons. The van der Waals surface area contributed by atoms with Gasteiger partial charge in [-0.2, -0.15) is 0 Å². The van der Waals surface area contributed by atoms with Gasteiger partial charge in [0.1, 0.15) is 5.82 Å². The highest BCUT2D eigenvalue weighted by Gasteiger charge is 2.22. The smallest absolute Gasteiger partial charge is 0.142 e. The number of benzene rings is 1. The Balaban J connectivity index is 2.52. The van der Waals surface area contributed by atoms with E-state index in [4.69, 9.17) is 17.4 Å². The van der Waals surface area contributed by atoms with Gasteiger partial charge in [-0.1, -0.05) is 23.7 Å². The van der Waals surface area contributed by atoms with Crippen molar-refractivity contribution < 1.29 is 4.39 Å². The molecule has 3 N–H and O–H groups in total. The van der Waals surface area contributed by atoms with Gasteiger partial charge >= 0.3 is 0 Å². The molecule has 1 aromatic carbocycles. The fraction of sp³-hybridized carbons (Fsp3) is 0.167. The minimum Gasteiger partial charge on any atom is -0.271 e. The standard InChI is InChI=1S/C12H11BrClFN2S/c1-6-5-18-12(9(6)14)11(17-16)7-3-2-4-8(13)10(7)15/h2-5,11,17H,16H2,1H3. The molecule has 0 aliphatic rings. The van der Waals surface area contributed by atoms with Crippen LogP contribution in [0.4, 0.5) is 4.39 Å². The summed E-state index contributed by atoms with van der Waals surface area (Å²) in [6.07, 6.45) is 0. The summed E-state index contributed by atoms with van der Waals surface area (Å²) in [5.74, 6) is 5.22. The summed E-state index contributed by atoms with van der Waals surface area (Å²) < 4.78 is 14.5. The first kappa shape index (κ1) is 14.0. The third-order valence-electron chi connectivity index (χ3n) is 2.65. The van der Waals surface area contributed by atoms with E-state index in [-0.39, 0.29) is 5.82 Å². The van der Waals surface area contributed by atoms with Gasteiger partial charge in [0, 0.05) is 10.4 Å². The Morgan fingerprint density at radius 2 is 2.22 bits per heavy atom. The van der Waals surface area contributed by atoms with E-state index in [2.05, 4.69) is 21.4 Å². The second kappa shape index (κ2) is 5.67. The predicted molar refractivity (Wildman–Crippen MR) is 77.3 cm³/mol. The Labute approximate surface area is 122 Å². The van der Waals surface area contributed by atoms with Crippen molar-refractivity contribution >= 4 is 38.9 Å². The average Bonchev–Trinajstić information content (AvgIpc) is 2.68. The third kappa shape index (κ3) is 2.46. The SMILES string of the molecule is Cc1csc(C(NN)c2cccc(Br)c2F)c1Cl. The van der Waals surface area contributed by atoms with Crippen molar-refractivity contribution in [1.82, 2.24) is 5.43 Å². The lowest BCUT2D eigenvalue weighted by molar-refractivity contribution is 0.560. The Morgan fingerprint density at radius 3 is 2.78 bits per heavy atom. The van der Waals surface area contributed by atoms with Crippen molar-refractivity contribution in [3.63, 3.8) is 0 Å². The zero-order valence-electron chi connectivity index (χ0n) is 9.51. The van der Waals surface area contributed by atoms with Gasteiger partial charge in [-0.25, -0.2) is 9.82 Å². The highest BCUT2D eigenvalue weighted by molar-refractivity contribution is 9.10. The van der Waals surface area contributed by atoms with Crippen LogP contribution in [0, 0.1) is 12.7 Å². The van der Waals surface area contributed by atoms with Crippen LogP contribution in [0.25, 0.3) is 0 Å².